The highest BCUT2D eigenvalue weighted by Crippen LogP contribution is 2.68. The van der Waals surface area contributed by atoms with Gasteiger partial charge in [0.05, 0.1) is 18.0 Å². The lowest BCUT2D eigenvalue weighted by atomic mass is 9.44. The van der Waals surface area contributed by atoms with Crippen LogP contribution in [0.25, 0.3) is 0 Å². The molecule has 2 nitrogen and oxygen atoms in total. The van der Waals surface area contributed by atoms with Crippen molar-refractivity contribution >= 4 is 21.7 Å². The smallest absolute Gasteiger partial charge is 0.147 e. The van der Waals surface area contributed by atoms with Gasteiger partial charge in [-0.2, -0.15) is 0 Å². The van der Waals surface area contributed by atoms with E-state index in [9.17, 15) is 4.79 Å². The third kappa shape index (κ3) is 3.35. The topological polar surface area (TPSA) is 26.3 Å². The summed E-state index contributed by atoms with van der Waals surface area (Å²) < 4.78 is 6.38. The molecule has 0 N–H and O–H groups in total. The Balaban J connectivity index is 1.62. The highest BCUT2D eigenvalue weighted by atomic mass is 79.9. The summed E-state index contributed by atoms with van der Waals surface area (Å²) in [5, 5.41) is 0.542. The monoisotopic (exact) mass is 452 g/mol. The van der Waals surface area contributed by atoms with Crippen LogP contribution in [0, 0.1) is 46.3 Å². The molecule has 3 heteroatoms. The third-order valence-electron chi connectivity index (χ3n) is 9.83. The summed E-state index contributed by atoms with van der Waals surface area (Å²) >= 11 is 3.46. The molecule has 4 aliphatic carbocycles. The zero-order chi connectivity index (χ0) is 20.1. The molecule has 0 heterocycles. The van der Waals surface area contributed by atoms with Crippen LogP contribution in [0.15, 0.2) is 0 Å². The predicted octanol–water partition coefficient (Wildman–Crippen LogP) is 6.65. The fraction of sp³-hybridized carbons (Fsp3) is 0.960. The second kappa shape index (κ2) is 7.98. The van der Waals surface area contributed by atoms with E-state index in [2.05, 4.69) is 43.6 Å². The van der Waals surface area contributed by atoms with Crippen LogP contribution in [0.5, 0.6) is 0 Å². The summed E-state index contributed by atoms with van der Waals surface area (Å²) in [6.07, 6.45) is 12.3. The molecular weight excluding hydrogens is 412 g/mol. The van der Waals surface area contributed by atoms with Crippen molar-refractivity contribution in [3.8, 4) is 0 Å². The summed E-state index contributed by atoms with van der Waals surface area (Å²) in [6.45, 7) is 10.3. The van der Waals surface area contributed by atoms with Gasteiger partial charge in [0, 0.05) is 5.92 Å². The first-order valence-electron chi connectivity index (χ1n) is 12.0. The maximum absolute atomic E-state index is 12.7. The second-order valence-corrected chi connectivity index (χ2v) is 12.0. The molecule has 0 saturated heterocycles. The van der Waals surface area contributed by atoms with Crippen molar-refractivity contribution < 1.29 is 9.53 Å². The maximum atomic E-state index is 12.7. The number of fused-ring (bicyclic) bond motifs is 5. The molecule has 0 spiro atoms. The van der Waals surface area contributed by atoms with Crippen molar-refractivity contribution in [3.05, 3.63) is 0 Å². The minimum absolute atomic E-state index is 0.251. The third-order valence-corrected chi connectivity index (χ3v) is 10.4. The number of carbonyl (C=O) groups excluding carboxylic acids is 1. The Hall–Kier alpha value is 0.110. The lowest BCUT2D eigenvalue weighted by Crippen LogP contribution is -2.56. The summed E-state index contributed by atoms with van der Waals surface area (Å²) in [6, 6.07) is 0. The van der Waals surface area contributed by atoms with Crippen LogP contribution in [-0.2, 0) is 9.53 Å². The van der Waals surface area contributed by atoms with Crippen LogP contribution in [0.4, 0.5) is 0 Å². The van der Waals surface area contributed by atoms with Gasteiger partial charge in [-0.1, -0.05) is 36.2 Å². The maximum Gasteiger partial charge on any atom is 0.147 e. The molecule has 4 rings (SSSR count). The van der Waals surface area contributed by atoms with Crippen molar-refractivity contribution in [2.45, 2.75) is 91.6 Å². The molecule has 8 unspecified atom stereocenters. The molecule has 0 amide bonds. The van der Waals surface area contributed by atoms with Gasteiger partial charge in [-0.3, -0.25) is 4.79 Å². The normalized spacial score (nSPS) is 48.1. The largest absolute Gasteiger partial charge is 0.378 e. The standard InChI is InChI=1S/C25H41BrO2/c1-16(2)28-15-25-12-9-17(3)13-18(25)5-6-19-20-7-8-22(23(27)14-26)24(20,4)11-10-21(19)25/h16-22H,5-15H2,1-4H3. The summed E-state index contributed by atoms with van der Waals surface area (Å²) in [5.74, 6) is 4.92. The quantitative estimate of drug-likeness (QED) is 0.436. The first kappa shape index (κ1) is 21.3. The fourth-order valence-electron chi connectivity index (χ4n) is 8.49. The van der Waals surface area contributed by atoms with Crippen LogP contribution in [0.3, 0.4) is 0 Å². The predicted molar refractivity (Wildman–Crippen MR) is 119 cm³/mol. The van der Waals surface area contributed by atoms with Crippen LogP contribution < -0.4 is 0 Å². The zero-order valence-corrected chi connectivity index (χ0v) is 20.1. The molecule has 4 aliphatic rings. The van der Waals surface area contributed by atoms with E-state index in [1.807, 2.05) is 0 Å². The van der Waals surface area contributed by atoms with E-state index in [-0.39, 0.29) is 5.41 Å². The molecular formula is C25H41BrO2. The summed E-state index contributed by atoms with van der Waals surface area (Å²) in [7, 11) is 0. The minimum Gasteiger partial charge on any atom is -0.378 e. The number of Topliss-reactive ketones (excluding diaryl/α,β-unsaturated/α-hetero) is 1. The Morgan fingerprint density at radius 3 is 2.57 bits per heavy atom. The minimum atomic E-state index is 0.251. The van der Waals surface area contributed by atoms with E-state index in [1.54, 1.807) is 0 Å². The second-order valence-electron chi connectivity index (χ2n) is 11.4. The Morgan fingerprint density at radius 1 is 1.07 bits per heavy atom. The average molecular weight is 454 g/mol. The molecule has 4 fully saturated rings. The Morgan fingerprint density at radius 2 is 1.86 bits per heavy atom. The molecule has 160 valence electrons. The number of ether oxygens (including phenoxy) is 1. The number of hydrogen-bond donors (Lipinski definition) is 0. The lowest BCUT2D eigenvalue weighted by Gasteiger charge is -2.62. The van der Waals surface area contributed by atoms with Gasteiger partial charge in [0.1, 0.15) is 5.78 Å². The van der Waals surface area contributed by atoms with Crippen LogP contribution >= 0.6 is 15.9 Å². The van der Waals surface area contributed by atoms with Crippen molar-refractivity contribution in [1.82, 2.24) is 0 Å². The van der Waals surface area contributed by atoms with Gasteiger partial charge in [-0.05, 0) is 106 Å². The first-order chi connectivity index (χ1) is 13.3. The van der Waals surface area contributed by atoms with Gasteiger partial charge in [0.25, 0.3) is 0 Å². The van der Waals surface area contributed by atoms with Crippen LogP contribution in [0.2, 0.25) is 0 Å². The van der Waals surface area contributed by atoms with Gasteiger partial charge in [0.15, 0.2) is 0 Å². The van der Waals surface area contributed by atoms with Gasteiger partial charge < -0.3 is 4.74 Å². The highest BCUT2D eigenvalue weighted by molar-refractivity contribution is 9.09. The molecule has 0 bridgehead atoms. The molecule has 0 aromatic rings. The van der Waals surface area contributed by atoms with Gasteiger partial charge in [0.2, 0.25) is 0 Å². The lowest BCUT2D eigenvalue weighted by molar-refractivity contribution is -0.163. The fourth-order valence-corrected chi connectivity index (χ4v) is 8.88. The molecule has 0 aromatic carbocycles. The Kier molecular flexibility index (Phi) is 6.09. The van der Waals surface area contributed by atoms with Crippen molar-refractivity contribution in [3.63, 3.8) is 0 Å². The summed E-state index contributed by atoms with van der Waals surface area (Å²) in [5.41, 5.74) is 0.666. The first-order valence-corrected chi connectivity index (χ1v) is 13.1. The van der Waals surface area contributed by atoms with E-state index < -0.39 is 0 Å². The van der Waals surface area contributed by atoms with Crippen molar-refractivity contribution in [1.29, 1.82) is 0 Å². The van der Waals surface area contributed by atoms with Gasteiger partial charge >= 0.3 is 0 Å². The van der Waals surface area contributed by atoms with E-state index in [4.69, 9.17) is 4.74 Å². The number of ketones is 1. The average Bonchev–Trinajstić information content (AvgIpc) is 3.03. The van der Waals surface area contributed by atoms with Crippen molar-refractivity contribution in [2.24, 2.45) is 46.3 Å². The Bertz CT molecular complexity index is 589. The molecule has 0 aliphatic heterocycles. The molecule has 8 atom stereocenters. The van der Waals surface area contributed by atoms with E-state index >= 15 is 0 Å². The van der Waals surface area contributed by atoms with E-state index in [0.29, 0.717) is 28.6 Å². The molecule has 28 heavy (non-hydrogen) atoms. The number of alkyl halides is 1. The van der Waals surface area contributed by atoms with Crippen molar-refractivity contribution in [2.75, 3.05) is 11.9 Å². The molecule has 0 radical (unpaired) electrons. The number of carbonyl (C=O) groups is 1. The highest BCUT2D eigenvalue weighted by Gasteiger charge is 2.62. The van der Waals surface area contributed by atoms with Crippen LogP contribution in [0.1, 0.15) is 85.5 Å². The zero-order valence-electron chi connectivity index (χ0n) is 18.5. The van der Waals surface area contributed by atoms with E-state index in [1.165, 1.54) is 51.4 Å². The van der Waals surface area contributed by atoms with Gasteiger partial charge in [-0.15, -0.1) is 0 Å². The molecule has 4 saturated carbocycles. The van der Waals surface area contributed by atoms with Gasteiger partial charge in [-0.25, -0.2) is 0 Å². The number of rotatable bonds is 5. The molecule has 0 aromatic heterocycles. The van der Waals surface area contributed by atoms with Crippen LogP contribution in [-0.4, -0.2) is 23.8 Å². The number of hydrogen-bond acceptors (Lipinski definition) is 2. The SMILES string of the molecule is CC1CCC2(COC(C)C)C(CCC3C4CCC(C(=O)CBr)C4(C)CCC32)C1. The Labute approximate surface area is 181 Å². The summed E-state index contributed by atoms with van der Waals surface area (Å²) in [4.78, 5) is 12.7. The number of halogens is 1. The van der Waals surface area contributed by atoms with E-state index in [0.717, 1.165) is 42.6 Å².